The summed E-state index contributed by atoms with van der Waals surface area (Å²) in [5, 5.41) is 3.60. The Bertz CT molecular complexity index is 224. The van der Waals surface area contributed by atoms with E-state index < -0.39 is 0 Å². The van der Waals surface area contributed by atoms with Gasteiger partial charge in [0.05, 0.1) is 0 Å². The number of hydrogen-bond donors (Lipinski definition) is 1. The van der Waals surface area contributed by atoms with Gasteiger partial charge in [0.1, 0.15) is 0 Å². The van der Waals surface area contributed by atoms with E-state index in [0.29, 0.717) is 5.41 Å². The molecule has 2 atom stereocenters. The predicted molar refractivity (Wildman–Crippen MR) is 73.2 cm³/mol. The topological polar surface area (TPSA) is 15.3 Å². The minimum atomic E-state index is 0.533. The quantitative estimate of drug-likeness (QED) is 0.817. The van der Waals surface area contributed by atoms with Crippen LogP contribution in [0.4, 0.5) is 0 Å². The lowest BCUT2D eigenvalue weighted by atomic mass is 9.87. The molecule has 0 radical (unpaired) electrons. The fourth-order valence-electron chi connectivity index (χ4n) is 2.92. The molecular weight excluding hydrogens is 216 g/mol. The standard InChI is InChI=1S/C13H26N2S/c1-13(2)7-12(9-16-10-13)15(3)8-11-5-4-6-14-11/h11-12,14H,4-10H2,1-3H3. The van der Waals surface area contributed by atoms with E-state index >= 15 is 0 Å². The van der Waals surface area contributed by atoms with Crippen LogP contribution in [0.3, 0.4) is 0 Å². The number of rotatable bonds is 3. The highest BCUT2D eigenvalue weighted by Gasteiger charge is 2.31. The molecule has 2 heterocycles. The molecule has 2 aliphatic rings. The lowest BCUT2D eigenvalue weighted by molar-refractivity contribution is 0.179. The maximum Gasteiger partial charge on any atom is 0.0195 e. The second kappa shape index (κ2) is 5.28. The van der Waals surface area contributed by atoms with Gasteiger partial charge in [0.15, 0.2) is 0 Å². The first kappa shape index (κ1) is 12.7. The third-order valence-electron chi connectivity index (χ3n) is 3.89. The summed E-state index contributed by atoms with van der Waals surface area (Å²) in [7, 11) is 2.31. The smallest absolute Gasteiger partial charge is 0.0195 e. The zero-order valence-corrected chi connectivity index (χ0v) is 11.8. The molecule has 3 heteroatoms. The third kappa shape index (κ3) is 3.38. The van der Waals surface area contributed by atoms with Gasteiger partial charge in [-0.2, -0.15) is 11.8 Å². The third-order valence-corrected chi connectivity index (χ3v) is 5.49. The molecule has 0 spiro atoms. The Morgan fingerprint density at radius 3 is 2.88 bits per heavy atom. The lowest BCUT2D eigenvalue weighted by Crippen LogP contribution is -2.46. The van der Waals surface area contributed by atoms with Crippen LogP contribution in [0.1, 0.15) is 33.1 Å². The summed E-state index contributed by atoms with van der Waals surface area (Å²) in [4.78, 5) is 2.59. The zero-order valence-electron chi connectivity index (χ0n) is 11.0. The first-order valence-electron chi connectivity index (χ1n) is 6.58. The second-order valence-electron chi connectivity index (χ2n) is 6.27. The van der Waals surface area contributed by atoms with Gasteiger partial charge in [-0.05, 0) is 44.0 Å². The van der Waals surface area contributed by atoms with Gasteiger partial charge < -0.3 is 10.2 Å². The fourth-order valence-corrected chi connectivity index (χ4v) is 4.35. The number of hydrogen-bond acceptors (Lipinski definition) is 3. The summed E-state index contributed by atoms with van der Waals surface area (Å²) < 4.78 is 0. The molecule has 16 heavy (non-hydrogen) atoms. The van der Waals surface area contributed by atoms with E-state index in [2.05, 4.69) is 42.9 Å². The molecule has 0 aromatic rings. The van der Waals surface area contributed by atoms with Gasteiger partial charge in [-0.3, -0.25) is 0 Å². The van der Waals surface area contributed by atoms with Crippen molar-refractivity contribution in [2.45, 2.75) is 45.2 Å². The van der Waals surface area contributed by atoms with Crippen LogP contribution in [0.5, 0.6) is 0 Å². The van der Waals surface area contributed by atoms with Crippen LogP contribution in [-0.4, -0.2) is 48.6 Å². The SMILES string of the molecule is CN(CC1CCCN1)C1CSCC(C)(C)C1. The minimum Gasteiger partial charge on any atom is -0.313 e. The Balaban J connectivity index is 1.81. The normalized spacial score (nSPS) is 34.5. The Morgan fingerprint density at radius 2 is 2.25 bits per heavy atom. The minimum absolute atomic E-state index is 0.533. The van der Waals surface area contributed by atoms with Gasteiger partial charge in [0, 0.05) is 24.4 Å². The van der Waals surface area contributed by atoms with Gasteiger partial charge in [0.25, 0.3) is 0 Å². The molecule has 2 aliphatic heterocycles. The number of thioether (sulfide) groups is 1. The van der Waals surface area contributed by atoms with Crippen LogP contribution in [0.2, 0.25) is 0 Å². The molecule has 0 aromatic heterocycles. The second-order valence-corrected chi connectivity index (χ2v) is 7.30. The molecule has 2 saturated heterocycles. The van der Waals surface area contributed by atoms with Gasteiger partial charge in [-0.1, -0.05) is 13.8 Å². The number of likely N-dealkylation sites (N-methyl/N-ethyl adjacent to an activating group) is 1. The van der Waals surface area contributed by atoms with Gasteiger partial charge in [0.2, 0.25) is 0 Å². The molecule has 0 saturated carbocycles. The molecule has 2 unspecified atom stereocenters. The number of nitrogens with zero attached hydrogens (tertiary/aromatic N) is 1. The molecule has 0 aliphatic carbocycles. The average molecular weight is 242 g/mol. The van der Waals surface area contributed by atoms with E-state index in [1.807, 2.05) is 0 Å². The Hall–Kier alpha value is 0.270. The zero-order chi connectivity index (χ0) is 11.6. The first-order valence-corrected chi connectivity index (χ1v) is 7.74. The molecule has 2 fully saturated rings. The lowest BCUT2D eigenvalue weighted by Gasteiger charge is -2.40. The van der Waals surface area contributed by atoms with Crippen LogP contribution in [0.15, 0.2) is 0 Å². The van der Waals surface area contributed by atoms with Crippen molar-refractivity contribution in [3.8, 4) is 0 Å². The summed E-state index contributed by atoms with van der Waals surface area (Å²) in [5.74, 6) is 2.66. The summed E-state index contributed by atoms with van der Waals surface area (Å²) in [6.45, 7) is 7.28. The van der Waals surface area contributed by atoms with E-state index in [1.54, 1.807) is 0 Å². The van der Waals surface area contributed by atoms with Gasteiger partial charge in [-0.15, -0.1) is 0 Å². The van der Waals surface area contributed by atoms with Gasteiger partial charge in [-0.25, -0.2) is 0 Å². The molecule has 1 N–H and O–H groups in total. The van der Waals surface area contributed by atoms with Crippen molar-refractivity contribution in [2.75, 3.05) is 31.6 Å². The average Bonchev–Trinajstić information content (AvgIpc) is 2.69. The molecule has 94 valence electrons. The first-order chi connectivity index (χ1) is 7.57. The maximum atomic E-state index is 3.60. The van der Waals surface area contributed by atoms with E-state index in [9.17, 15) is 0 Å². The Kier molecular flexibility index (Phi) is 4.20. The van der Waals surface area contributed by atoms with Crippen LogP contribution < -0.4 is 5.32 Å². The van der Waals surface area contributed by atoms with E-state index in [4.69, 9.17) is 0 Å². The highest BCUT2D eigenvalue weighted by molar-refractivity contribution is 7.99. The molecule has 0 aromatic carbocycles. The van der Waals surface area contributed by atoms with Crippen molar-refractivity contribution in [3.05, 3.63) is 0 Å². The Morgan fingerprint density at radius 1 is 1.44 bits per heavy atom. The van der Waals surface area contributed by atoms with Gasteiger partial charge >= 0.3 is 0 Å². The van der Waals surface area contributed by atoms with Crippen LogP contribution in [-0.2, 0) is 0 Å². The Labute approximate surface area is 105 Å². The highest BCUT2D eigenvalue weighted by atomic mass is 32.2. The maximum absolute atomic E-state index is 3.60. The van der Waals surface area contributed by atoms with Crippen molar-refractivity contribution >= 4 is 11.8 Å². The van der Waals surface area contributed by atoms with Crippen LogP contribution >= 0.6 is 11.8 Å². The molecular formula is C13H26N2S. The number of nitrogens with one attached hydrogen (secondary N) is 1. The summed E-state index contributed by atoms with van der Waals surface area (Å²) in [6, 6.07) is 1.54. The molecule has 2 rings (SSSR count). The predicted octanol–water partition coefficient (Wildman–Crippen LogP) is 2.20. The molecule has 0 amide bonds. The van der Waals surface area contributed by atoms with E-state index in [-0.39, 0.29) is 0 Å². The largest absolute Gasteiger partial charge is 0.313 e. The highest BCUT2D eigenvalue weighted by Crippen LogP contribution is 2.35. The fraction of sp³-hybridized carbons (Fsp3) is 1.00. The van der Waals surface area contributed by atoms with E-state index in [0.717, 1.165) is 12.1 Å². The summed E-state index contributed by atoms with van der Waals surface area (Å²) in [6.07, 6.45) is 4.10. The van der Waals surface area contributed by atoms with Crippen molar-refractivity contribution in [2.24, 2.45) is 5.41 Å². The molecule has 0 bridgehead atoms. The van der Waals surface area contributed by atoms with Crippen molar-refractivity contribution in [1.29, 1.82) is 0 Å². The van der Waals surface area contributed by atoms with E-state index in [1.165, 1.54) is 43.9 Å². The summed E-state index contributed by atoms with van der Waals surface area (Å²) >= 11 is 2.13. The molecule has 2 nitrogen and oxygen atoms in total. The van der Waals surface area contributed by atoms with Crippen molar-refractivity contribution in [3.63, 3.8) is 0 Å². The van der Waals surface area contributed by atoms with Crippen molar-refractivity contribution < 1.29 is 0 Å². The van der Waals surface area contributed by atoms with Crippen LogP contribution in [0.25, 0.3) is 0 Å². The van der Waals surface area contributed by atoms with Crippen LogP contribution in [0, 0.1) is 5.41 Å². The van der Waals surface area contributed by atoms with Crippen molar-refractivity contribution in [1.82, 2.24) is 10.2 Å². The monoisotopic (exact) mass is 242 g/mol. The summed E-state index contributed by atoms with van der Waals surface area (Å²) in [5.41, 5.74) is 0.533.